The third kappa shape index (κ3) is 5.16. The number of aromatic nitrogens is 2. The van der Waals surface area contributed by atoms with E-state index in [1.165, 1.54) is 54.6 Å². The highest BCUT2D eigenvalue weighted by Crippen LogP contribution is 2.45. The first kappa shape index (κ1) is 30.5. The van der Waals surface area contributed by atoms with Crippen molar-refractivity contribution in [2.24, 2.45) is 0 Å². The van der Waals surface area contributed by atoms with Crippen LogP contribution in [0.3, 0.4) is 0 Å². The van der Waals surface area contributed by atoms with Gasteiger partial charge >= 0.3 is 0 Å². The average molecular weight is 674 g/mol. The van der Waals surface area contributed by atoms with Gasteiger partial charge in [0.15, 0.2) is 5.69 Å². The second-order valence-corrected chi connectivity index (χ2v) is 13.5. The third-order valence-corrected chi connectivity index (χ3v) is 10.4. The number of nitrogens with zero attached hydrogens (tertiary/aromatic N) is 3. The van der Waals surface area contributed by atoms with Crippen LogP contribution in [-0.2, 0) is 0 Å². The predicted molar refractivity (Wildman–Crippen MR) is 222 cm³/mol. The maximum Gasteiger partial charge on any atom is 0.189 e. The van der Waals surface area contributed by atoms with Gasteiger partial charge in [0.05, 0.1) is 17.6 Å². The Morgan fingerprint density at radius 3 is 1.64 bits per heavy atom. The van der Waals surface area contributed by atoms with Gasteiger partial charge in [0.1, 0.15) is 5.82 Å². The zero-order valence-corrected chi connectivity index (χ0v) is 28.7. The van der Waals surface area contributed by atoms with Crippen molar-refractivity contribution in [3.05, 3.63) is 199 Å². The van der Waals surface area contributed by atoms with Crippen molar-refractivity contribution in [3.8, 4) is 50.5 Å². The summed E-state index contributed by atoms with van der Waals surface area (Å²) in [6, 6.07) is 66.6. The SMILES string of the molecule is [C-]#[N+]c1ccc2c(c1)nc(-c1ccc(-c3ccccc3)cc1)n2-c1cccc(-c2c3ccccc3c(-c3ccc4ccccc4c3)c3ccccc23)c1. The number of benzene rings is 9. The molecule has 0 amide bonds. The minimum Gasteiger partial charge on any atom is -0.292 e. The lowest BCUT2D eigenvalue weighted by Gasteiger charge is -2.19. The summed E-state index contributed by atoms with van der Waals surface area (Å²) < 4.78 is 2.23. The Hall–Kier alpha value is -7.28. The molecule has 1 heterocycles. The van der Waals surface area contributed by atoms with Gasteiger partial charge in [-0.2, -0.15) is 0 Å². The molecule has 0 fully saturated rings. The van der Waals surface area contributed by atoms with E-state index in [2.05, 4.69) is 173 Å². The number of hydrogen-bond acceptors (Lipinski definition) is 1. The molecule has 0 atom stereocenters. The van der Waals surface area contributed by atoms with Crippen LogP contribution in [0.25, 0.3) is 98.7 Å². The van der Waals surface area contributed by atoms with Crippen LogP contribution in [0.1, 0.15) is 0 Å². The molecule has 0 N–H and O–H groups in total. The summed E-state index contributed by atoms with van der Waals surface area (Å²) in [5.74, 6) is 0.834. The molecule has 9 aromatic carbocycles. The molecule has 246 valence electrons. The van der Waals surface area contributed by atoms with Gasteiger partial charge in [-0.15, -0.1) is 0 Å². The van der Waals surface area contributed by atoms with Crippen molar-refractivity contribution in [3.63, 3.8) is 0 Å². The molecule has 0 saturated carbocycles. The maximum absolute atomic E-state index is 7.66. The van der Waals surface area contributed by atoms with Crippen LogP contribution in [0.5, 0.6) is 0 Å². The quantitative estimate of drug-likeness (QED) is 0.132. The number of rotatable bonds is 5. The minimum absolute atomic E-state index is 0.575. The van der Waals surface area contributed by atoms with E-state index in [4.69, 9.17) is 11.6 Å². The van der Waals surface area contributed by atoms with Gasteiger partial charge in [-0.3, -0.25) is 4.57 Å². The molecule has 3 nitrogen and oxygen atoms in total. The second kappa shape index (κ2) is 12.5. The van der Waals surface area contributed by atoms with E-state index in [1.807, 2.05) is 24.3 Å². The van der Waals surface area contributed by atoms with Crippen molar-refractivity contribution in [2.45, 2.75) is 0 Å². The van der Waals surface area contributed by atoms with Crippen molar-refractivity contribution in [1.29, 1.82) is 0 Å². The zero-order chi connectivity index (χ0) is 35.3. The molecule has 0 spiro atoms. The normalized spacial score (nSPS) is 11.4. The molecule has 0 radical (unpaired) electrons. The lowest BCUT2D eigenvalue weighted by molar-refractivity contribution is 1.10. The second-order valence-electron chi connectivity index (χ2n) is 13.5. The molecule has 0 bridgehead atoms. The van der Waals surface area contributed by atoms with Crippen LogP contribution in [0.15, 0.2) is 188 Å². The smallest absolute Gasteiger partial charge is 0.189 e. The fraction of sp³-hybridized carbons (Fsp3) is 0. The highest BCUT2D eigenvalue weighted by Gasteiger charge is 2.19. The fourth-order valence-corrected chi connectivity index (χ4v) is 7.93. The predicted octanol–water partition coefficient (Wildman–Crippen LogP) is 13.7. The molecule has 53 heavy (non-hydrogen) atoms. The molecule has 10 aromatic rings. The largest absolute Gasteiger partial charge is 0.292 e. The van der Waals surface area contributed by atoms with E-state index >= 15 is 0 Å². The summed E-state index contributed by atoms with van der Waals surface area (Å²) in [5, 5.41) is 7.33. The maximum atomic E-state index is 7.66. The summed E-state index contributed by atoms with van der Waals surface area (Å²) >= 11 is 0. The Bertz CT molecular complexity index is 3000. The zero-order valence-electron chi connectivity index (χ0n) is 28.7. The van der Waals surface area contributed by atoms with E-state index < -0.39 is 0 Å². The molecule has 0 aliphatic carbocycles. The van der Waals surface area contributed by atoms with Crippen molar-refractivity contribution >= 4 is 49.0 Å². The van der Waals surface area contributed by atoms with Crippen molar-refractivity contribution in [2.75, 3.05) is 0 Å². The molecule has 10 rings (SSSR count). The first-order valence-electron chi connectivity index (χ1n) is 17.8. The first-order chi connectivity index (χ1) is 26.2. The Morgan fingerprint density at radius 2 is 0.962 bits per heavy atom. The van der Waals surface area contributed by atoms with Gasteiger partial charge in [0, 0.05) is 11.3 Å². The summed E-state index contributed by atoms with van der Waals surface area (Å²) in [7, 11) is 0. The van der Waals surface area contributed by atoms with E-state index in [9.17, 15) is 0 Å². The number of imidazole rings is 1. The van der Waals surface area contributed by atoms with Gasteiger partial charge < -0.3 is 0 Å². The summed E-state index contributed by atoms with van der Waals surface area (Å²) in [4.78, 5) is 8.87. The van der Waals surface area contributed by atoms with Gasteiger partial charge in [-0.05, 0) is 96.0 Å². The Kier molecular flexibility index (Phi) is 7.20. The number of fused-ring (bicyclic) bond motifs is 4. The van der Waals surface area contributed by atoms with Crippen LogP contribution in [0, 0.1) is 6.57 Å². The number of hydrogen-bond donors (Lipinski definition) is 0. The minimum atomic E-state index is 0.575. The molecule has 0 aliphatic heterocycles. The van der Waals surface area contributed by atoms with Gasteiger partial charge in [0.2, 0.25) is 0 Å². The van der Waals surface area contributed by atoms with Crippen LogP contribution in [0.4, 0.5) is 5.69 Å². The molecule has 3 heteroatoms. The van der Waals surface area contributed by atoms with E-state index in [1.54, 1.807) is 0 Å². The summed E-state index contributed by atoms with van der Waals surface area (Å²) in [6.07, 6.45) is 0. The highest BCUT2D eigenvalue weighted by molar-refractivity contribution is 6.21. The fourth-order valence-electron chi connectivity index (χ4n) is 7.93. The topological polar surface area (TPSA) is 22.2 Å². The first-order valence-corrected chi connectivity index (χ1v) is 17.8. The Balaban J connectivity index is 1.18. The highest BCUT2D eigenvalue weighted by atomic mass is 15.1. The standard InChI is InChI=1S/C50H31N3/c1-51-40-28-29-47-46(32-40)52-50(36-25-22-35(23-26-36)33-12-3-2-4-13-33)53(47)41-17-11-16-38(31-41)48-42-18-7-9-20-44(42)49(45-21-10-8-19-43(45)48)39-27-24-34-14-5-6-15-37(34)30-39/h2-32H. The molecule has 0 saturated heterocycles. The molecule has 0 aliphatic rings. The van der Waals surface area contributed by atoms with Gasteiger partial charge in [-0.25, -0.2) is 9.83 Å². The molecule has 1 aromatic heterocycles. The van der Waals surface area contributed by atoms with Crippen molar-refractivity contribution in [1.82, 2.24) is 9.55 Å². The van der Waals surface area contributed by atoms with E-state index in [0.717, 1.165) is 39.2 Å². The summed E-state index contributed by atoms with van der Waals surface area (Å²) in [5.41, 5.74) is 11.5. The third-order valence-electron chi connectivity index (χ3n) is 10.4. The lowest BCUT2D eigenvalue weighted by Crippen LogP contribution is -1.98. The Morgan fingerprint density at radius 1 is 0.415 bits per heavy atom. The van der Waals surface area contributed by atoms with Crippen LogP contribution in [-0.4, -0.2) is 9.55 Å². The lowest BCUT2D eigenvalue weighted by atomic mass is 9.85. The molecule has 0 unspecified atom stereocenters. The van der Waals surface area contributed by atoms with Gasteiger partial charge in [-0.1, -0.05) is 158 Å². The van der Waals surface area contributed by atoms with E-state index in [-0.39, 0.29) is 0 Å². The van der Waals surface area contributed by atoms with Crippen LogP contribution >= 0.6 is 0 Å². The monoisotopic (exact) mass is 673 g/mol. The van der Waals surface area contributed by atoms with Gasteiger partial charge in [0.25, 0.3) is 0 Å². The molecular formula is C50H31N3. The summed E-state index contributed by atoms with van der Waals surface area (Å²) in [6.45, 7) is 7.66. The van der Waals surface area contributed by atoms with Crippen LogP contribution in [0.2, 0.25) is 0 Å². The molecular weight excluding hydrogens is 643 g/mol. The average Bonchev–Trinajstić information content (AvgIpc) is 3.62. The van der Waals surface area contributed by atoms with Crippen LogP contribution < -0.4 is 0 Å². The van der Waals surface area contributed by atoms with E-state index in [0.29, 0.717) is 5.69 Å². The van der Waals surface area contributed by atoms with Crippen molar-refractivity contribution < 1.29 is 0 Å². The Labute approximate surface area is 307 Å².